The highest BCUT2D eigenvalue weighted by atomic mass is 32.1. The molecule has 0 spiro atoms. The van der Waals surface area contributed by atoms with E-state index in [4.69, 9.17) is 4.98 Å². The molecule has 2 aliphatic carbocycles. The van der Waals surface area contributed by atoms with Gasteiger partial charge in [0.25, 0.3) is 0 Å². The summed E-state index contributed by atoms with van der Waals surface area (Å²) in [6, 6.07) is 13.1. The van der Waals surface area contributed by atoms with Crippen LogP contribution in [0.1, 0.15) is 69.2 Å². The number of benzene rings is 1. The van der Waals surface area contributed by atoms with Gasteiger partial charge in [0.15, 0.2) is 0 Å². The van der Waals surface area contributed by atoms with Crippen molar-refractivity contribution in [2.75, 3.05) is 5.32 Å². The minimum Gasteiger partial charge on any atom is -0.478 e. The number of anilines is 2. The molecule has 0 bridgehead atoms. The second kappa shape index (κ2) is 8.80. The molecule has 36 heavy (non-hydrogen) atoms. The third-order valence-corrected chi connectivity index (χ3v) is 8.12. The molecule has 7 nitrogen and oxygen atoms in total. The molecule has 4 aromatic rings. The summed E-state index contributed by atoms with van der Waals surface area (Å²) in [5, 5.41) is 25.0. The molecule has 1 unspecified atom stereocenters. The van der Waals surface area contributed by atoms with Crippen molar-refractivity contribution < 1.29 is 15.0 Å². The predicted octanol–water partition coefficient (Wildman–Crippen LogP) is 5.80. The van der Waals surface area contributed by atoms with Crippen molar-refractivity contribution >= 4 is 28.9 Å². The fourth-order valence-corrected chi connectivity index (χ4v) is 6.00. The van der Waals surface area contributed by atoms with Gasteiger partial charge in [-0.15, -0.1) is 11.3 Å². The Morgan fingerprint density at radius 2 is 1.97 bits per heavy atom. The number of fused-ring (bicyclic) bond motifs is 1. The van der Waals surface area contributed by atoms with Crippen LogP contribution in [0.5, 0.6) is 0 Å². The minimum absolute atomic E-state index is 0.235. The number of nitrogens with one attached hydrogen (secondary N) is 1. The van der Waals surface area contributed by atoms with Gasteiger partial charge in [0, 0.05) is 12.4 Å². The molecule has 1 fully saturated rings. The first-order valence-electron chi connectivity index (χ1n) is 12.2. The van der Waals surface area contributed by atoms with Crippen LogP contribution in [0.25, 0.3) is 10.6 Å². The van der Waals surface area contributed by atoms with E-state index in [0.29, 0.717) is 23.2 Å². The lowest BCUT2D eigenvalue weighted by Crippen LogP contribution is -2.32. The number of nitrogens with zero attached hydrogens (tertiary/aromatic N) is 3. The van der Waals surface area contributed by atoms with Crippen LogP contribution in [-0.2, 0) is 12.0 Å². The fraction of sp³-hybridized carbons (Fsp3) is 0.286. The maximum absolute atomic E-state index is 11.7. The van der Waals surface area contributed by atoms with Crippen molar-refractivity contribution in [3.63, 3.8) is 0 Å². The van der Waals surface area contributed by atoms with E-state index in [1.165, 1.54) is 29.7 Å². The smallest absolute Gasteiger partial charge is 0.335 e. The van der Waals surface area contributed by atoms with Crippen LogP contribution in [0.4, 0.5) is 11.6 Å². The summed E-state index contributed by atoms with van der Waals surface area (Å²) in [6.45, 7) is 2.03. The van der Waals surface area contributed by atoms with Crippen molar-refractivity contribution in [1.82, 2.24) is 15.0 Å². The van der Waals surface area contributed by atoms with E-state index >= 15 is 0 Å². The van der Waals surface area contributed by atoms with Gasteiger partial charge in [0.05, 0.1) is 16.1 Å². The van der Waals surface area contributed by atoms with E-state index in [0.717, 1.165) is 45.9 Å². The van der Waals surface area contributed by atoms with Gasteiger partial charge in [-0.05, 0) is 104 Å². The van der Waals surface area contributed by atoms with Crippen molar-refractivity contribution in [2.45, 2.75) is 50.5 Å². The number of carbonyl (C=O) groups is 1. The summed E-state index contributed by atoms with van der Waals surface area (Å²) in [5.41, 5.74) is 3.73. The van der Waals surface area contributed by atoms with Crippen molar-refractivity contribution in [2.24, 2.45) is 0 Å². The van der Waals surface area contributed by atoms with Gasteiger partial charge in [-0.25, -0.2) is 19.7 Å². The van der Waals surface area contributed by atoms with E-state index in [-0.39, 0.29) is 5.56 Å². The number of hydrogen-bond donors (Lipinski definition) is 3. The van der Waals surface area contributed by atoms with E-state index in [9.17, 15) is 15.0 Å². The third-order valence-electron chi connectivity index (χ3n) is 6.95. The summed E-state index contributed by atoms with van der Waals surface area (Å²) in [6.07, 6.45) is 8.10. The number of thiazole rings is 1. The summed E-state index contributed by atoms with van der Waals surface area (Å²) in [5.74, 6) is 1.18. The van der Waals surface area contributed by atoms with E-state index < -0.39 is 11.6 Å². The third kappa shape index (κ3) is 4.27. The number of carboxylic acids is 1. The SMILES string of the molecule is Cc1cc(Nc2cc(C3CC3)ccn2)nc(-c2cnc(C3(O)CCCc4cc(C(=O)O)ccc43)s2)c1. The molecular formula is C28H26N4O3S. The Morgan fingerprint density at radius 3 is 2.78 bits per heavy atom. The van der Waals surface area contributed by atoms with Crippen molar-refractivity contribution in [3.8, 4) is 10.6 Å². The molecule has 182 valence electrons. The predicted molar refractivity (Wildman–Crippen MR) is 139 cm³/mol. The summed E-state index contributed by atoms with van der Waals surface area (Å²) in [4.78, 5) is 26.2. The monoisotopic (exact) mass is 498 g/mol. The van der Waals surface area contributed by atoms with Crippen LogP contribution in [-0.4, -0.2) is 31.1 Å². The number of aromatic nitrogens is 3. The molecule has 3 aromatic heterocycles. The van der Waals surface area contributed by atoms with Crippen molar-refractivity contribution in [1.29, 1.82) is 0 Å². The molecule has 1 aromatic carbocycles. The first-order chi connectivity index (χ1) is 17.4. The van der Waals surface area contributed by atoms with Crippen LogP contribution >= 0.6 is 11.3 Å². The van der Waals surface area contributed by atoms with E-state index in [2.05, 4.69) is 27.4 Å². The molecule has 8 heteroatoms. The number of aliphatic hydroxyl groups is 1. The van der Waals surface area contributed by atoms with Gasteiger partial charge < -0.3 is 15.5 Å². The van der Waals surface area contributed by atoms with E-state index in [1.807, 2.05) is 25.3 Å². The Kier molecular flexibility index (Phi) is 5.58. The van der Waals surface area contributed by atoms with Gasteiger partial charge in [-0.3, -0.25) is 0 Å². The number of pyridine rings is 2. The fourth-order valence-electron chi connectivity index (χ4n) is 4.99. The second-order valence-corrected chi connectivity index (χ2v) is 10.7. The molecule has 3 heterocycles. The Hall–Kier alpha value is -3.62. The van der Waals surface area contributed by atoms with Crippen LogP contribution < -0.4 is 5.32 Å². The Labute approximate surface area is 212 Å². The molecular weight excluding hydrogens is 472 g/mol. The zero-order valence-corrected chi connectivity index (χ0v) is 20.7. The molecule has 1 atom stereocenters. The summed E-state index contributed by atoms with van der Waals surface area (Å²) < 4.78 is 0. The quantitative estimate of drug-likeness (QED) is 0.308. The Morgan fingerprint density at radius 1 is 1.11 bits per heavy atom. The zero-order valence-electron chi connectivity index (χ0n) is 19.9. The Bertz CT molecular complexity index is 1480. The zero-order chi connectivity index (χ0) is 24.9. The van der Waals surface area contributed by atoms with Gasteiger partial charge in [0.2, 0.25) is 0 Å². The summed E-state index contributed by atoms with van der Waals surface area (Å²) in [7, 11) is 0. The number of carboxylic acid groups (broad SMARTS) is 1. The number of hydrogen-bond acceptors (Lipinski definition) is 7. The maximum atomic E-state index is 11.7. The van der Waals surface area contributed by atoms with Gasteiger partial charge >= 0.3 is 5.97 Å². The lowest BCUT2D eigenvalue weighted by atomic mass is 9.79. The topological polar surface area (TPSA) is 108 Å². The van der Waals surface area contributed by atoms with Crippen LogP contribution in [0.15, 0.2) is 54.9 Å². The molecule has 2 aliphatic rings. The molecule has 0 radical (unpaired) electrons. The lowest BCUT2D eigenvalue weighted by Gasteiger charge is -2.33. The van der Waals surface area contributed by atoms with Crippen molar-refractivity contribution in [3.05, 3.63) is 87.7 Å². The number of aryl methyl sites for hydroxylation is 2. The van der Waals surface area contributed by atoms with E-state index in [1.54, 1.807) is 24.4 Å². The summed E-state index contributed by atoms with van der Waals surface area (Å²) >= 11 is 1.42. The first-order valence-corrected chi connectivity index (χ1v) is 13.0. The van der Waals surface area contributed by atoms with Gasteiger partial charge in [-0.2, -0.15) is 0 Å². The largest absolute Gasteiger partial charge is 0.478 e. The normalized spacial score (nSPS) is 19.1. The number of rotatable bonds is 6. The van der Waals surface area contributed by atoms with Gasteiger partial charge in [0.1, 0.15) is 22.2 Å². The highest BCUT2D eigenvalue weighted by Gasteiger charge is 2.39. The molecule has 0 amide bonds. The molecule has 0 aliphatic heterocycles. The van der Waals surface area contributed by atoms with Crippen LogP contribution in [0.3, 0.4) is 0 Å². The average Bonchev–Trinajstić information content (AvgIpc) is 3.59. The second-order valence-electron chi connectivity index (χ2n) is 9.71. The number of aromatic carboxylic acids is 1. The van der Waals surface area contributed by atoms with Gasteiger partial charge in [-0.1, -0.05) is 6.07 Å². The highest BCUT2D eigenvalue weighted by molar-refractivity contribution is 7.15. The average molecular weight is 499 g/mol. The minimum atomic E-state index is -1.24. The first kappa shape index (κ1) is 22.8. The molecule has 1 saturated carbocycles. The standard InChI is InChI=1S/C28H26N4O3S/c1-16-11-22(31-25(12-16)32-24-14-18(8-10-29-24)17-4-5-17)23-15-30-27(36-23)28(35)9-2-3-19-13-20(26(33)34)6-7-21(19)28/h6-8,10-15,17,35H,2-5,9H2,1H3,(H,33,34)(H,29,31,32). The van der Waals surface area contributed by atoms with Crippen LogP contribution in [0, 0.1) is 6.92 Å². The highest BCUT2D eigenvalue weighted by Crippen LogP contribution is 2.44. The lowest BCUT2D eigenvalue weighted by molar-refractivity contribution is 0.0607. The molecule has 3 N–H and O–H groups in total. The Balaban J connectivity index is 1.30. The molecule has 0 saturated heterocycles. The van der Waals surface area contributed by atoms with Crippen LogP contribution in [0.2, 0.25) is 0 Å². The molecule has 6 rings (SSSR count). The maximum Gasteiger partial charge on any atom is 0.335 e.